The van der Waals surface area contributed by atoms with Crippen molar-refractivity contribution >= 4 is 35.5 Å². The van der Waals surface area contributed by atoms with E-state index in [0.717, 1.165) is 11.8 Å². The zero-order valence-electron chi connectivity index (χ0n) is 16.1. The van der Waals surface area contributed by atoms with Crippen LogP contribution in [0.3, 0.4) is 0 Å². The number of likely N-dealkylation sites (tertiary alicyclic amines) is 1. The molecule has 154 valence electrons. The lowest BCUT2D eigenvalue weighted by Gasteiger charge is -2.35. The Balaban J connectivity index is 1.54. The number of nitrogens with one attached hydrogen (secondary N) is 4. The number of nitrogens with zero attached hydrogens (tertiary/aromatic N) is 4. The smallest absolute Gasteiger partial charge is 0.241 e. The van der Waals surface area contributed by atoms with Crippen LogP contribution in [-0.4, -0.2) is 46.6 Å². The van der Waals surface area contributed by atoms with Crippen LogP contribution in [0.1, 0.15) is 5.56 Å². The fourth-order valence-electron chi connectivity index (χ4n) is 2.70. The normalized spacial score (nSPS) is 13.7. The second-order valence-electron chi connectivity index (χ2n) is 6.60. The standard InChI is InChI=1S/C20H21ClN8O/c21-17-10-26-20(28-19(17)25-8-14-4-2-1-3-5-14)27-16(7-23)9-24-11-18(30)29-12-15(6-22)13-29/h1-5,7,9-10,15,23-24H,8,11-13H2,(H2,25,26,27,28)/b16-9+,23-7?. The van der Waals surface area contributed by atoms with E-state index < -0.39 is 0 Å². The molecule has 30 heavy (non-hydrogen) atoms. The Hall–Kier alpha value is -3.64. The summed E-state index contributed by atoms with van der Waals surface area (Å²) in [6, 6.07) is 12.0. The highest BCUT2D eigenvalue weighted by Crippen LogP contribution is 2.20. The SMILES string of the molecule is N#CC1CN(C(=O)CN/C=C(\C=N)Nc2ncc(Cl)c(NCc3ccccc3)n2)C1. The van der Waals surface area contributed by atoms with Crippen LogP contribution in [0.15, 0.2) is 48.4 Å². The quantitative estimate of drug-likeness (QED) is 0.454. The number of amides is 1. The van der Waals surface area contributed by atoms with Crippen LogP contribution in [0.5, 0.6) is 0 Å². The molecule has 1 aromatic heterocycles. The summed E-state index contributed by atoms with van der Waals surface area (Å²) >= 11 is 6.17. The average Bonchev–Trinajstić information content (AvgIpc) is 2.73. The average molecular weight is 425 g/mol. The third-order valence-corrected chi connectivity index (χ3v) is 4.66. The molecule has 10 heteroatoms. The van der Waals surface area contributed by atoms with Crippen LogP contribution >= 0.6 is 11.6 Å². The van der Waals surface area contributed by atoms with Gasteiger partial charge >= 0.3 is 0 Å². The molecule has 0 aliphatic carbocycles. The van der Waals surface area contributed by atoms with Crippen molar-refractivity contribution in [3.63, 3.8) is 0 Å². The van der Waals surface area contributed by atoms with E-state index in [9.17, 15) is 4.79 Å². The summed E-state index contributed by atoms with van der Waals surface area (Å²) in [7, 11) is 0. The Morgan fingerprint density at radius 2 is 2.13 bits per heavy atom. The number of hydrogen-bond donors (Lipinski definition) is 4. The number of carbonyl (C=O) groups is 1. The molecule has 1 saturated heterocycles. The summed E-state index contributed by atoms with van der Waals surface area (Å²) < 4.78 is 0. The van der Waals surface area contributed by atoms with Gasteiger partial charge in [-0.25, -0.2) is 4.98 Å². The van der Waals surface area contributed by atoms with E-state index in [1.165, 1.54) is 12.4 Å². The molecule has 1 aliphatic rings. The Kier molecular flexibility index (Phi) is 7.19. The zero-order chi connectivity index (χ0) is 21.3. The van der Waals surface area contributed by atoms with Gasteiger partial charge in [-0.3, -0.25) is 4.79 Å². The maximum atomic E-state index is 12.0. The number of aromatic nitrogens is 2. The predicted octanol–water partition coefficient (Wildman–Crippen LogP) is 2.22. The fraction of sp³-hybridized carbons (Fsp3) is 0.250. The van der Waals surface area contributed by atoms with E-state index in [2.05, 4.69) is 32.0 Å². The first kappa shape index (κ1) is 21.1. The minimum Gasteiger partial charge on any atom is -0.380 e. The lowest BCUT2D eigenvalue weighted by atomic mass is 10.0. The Morgan fingerprint density at radius 3 is 2.83 bits per heavy atom. The molecule has 1 aromatic carbocycles. The van der Waals surface area contributed by atoms with Gasteiger partial charge in [0.15, 0.2) is 5.82 Å². The minimum absolute atomic E-state index is 0.0719. The molecule has 0 spiro atoms. The van der Waals surface area contributed by atoms with Crippen molar-refractivity contribution in [2.75, 3.05) is 30.3 Å². The van der Waals surface area contributed by atoms with Crippen molar-refractivity contribution in [1.29, 1.82) is 10.7 Å². The molecule has 0 radical (unpaired) electrons. The number of anilines is 2. The maximum absolute atomic E-state index is 12.0. The third kappa shape index (κ3) is 5.68. The van der Waals surface area contributed by atoms with Crippen LogP contribution < -0.4 is 16.0 Å². The van der Waals surface area contributed by atoms with Gasteiger partial charge in [0.05, 0.1) is 30.4 Å². The van der Waals surface area contributed by atoms with Crippen molar-refractivity contribution in [3.8, 4) is 6.07 Å². The summed E-state index contributed by atoms with van der Waals surface area (Å²) in [5, 5.41) is 25.6. The first-order valence-electron chi connectivity index (χ1n) is 9.28. The van der Waals surface area contributed by atoms with E-state index in [1.54, 1.807) is 4.90 Å². The molecule has 1 amide bonds. The van der Waals surface area contributed by atoms with Crippen molar-refractivity contribution in [2.24, 2.45) is 5.92 Å². The molecule has 3 rings (SSSR count). The summed E-state index contributed by atoms with van der Waals surface area (Å²) in [4.78, 5) is 22.1. The van der Waals surface area contributed by atoms with E-state index >= 15 is 0 Å². The van der Waals surface area contributed by atoms with Gasteiger partial charge in [-0.1, -0.05) is 41.9 Å². The van der Waals surface area contributed by atoms with Crippen molar-refractivity contribution in [3.05, 3.63) is 59.0 Å². The minimum atomic E-state index is -0.0998. The molecule has 4 N–H and O–H groups in total. The molecule has 1 aliphatic heterocycles. The summed E-state index contributed by atoms with van der Waals surface area (Å²) in [6.45, 7) is 1.56. The van der Waals surface area contributed by atoms with Gasteiger partial charge in [0.1, 0.15) is 5.02 Å². The van der Waals surface area contributed by atoms with Gasteiger partial charge in [0.25, 0.3) is 0 Å². The Labute approximate surface area is 179 Å². The van der Waals surface area contributed by atoms with Gasteiger partial charge in [0.2, 0.25) is 11.9 Å². The highest BCUT2D eigenvalue weighted by molar-refractivity contribution is 6.32. The molecule has 2 heterocycles. The number of halogens is 1. The fourth-order valence-corrected chi connectivity index (χ4v) is 2.86. The number of benzene rings is 1. The number of carbonyl (C=O) groups excluding carboxylic acids is 1. The maximum Gasteiger partial charge on any atom is 0.241 e. The molecule has 0 bridgehead atoms. The zero-order valence-corrected chi connectivity index (χ0v) is 16.9. The van der Waals surface area contributed by atoms with Crippen LogP contribution in [-0.2, 0) is 11.3 Å². The van der Waals surface area contributed by atoms with Crippen molar-refractivity contribution in [2.45, 2.75) is 6.54 Å². The second kappa shape index (κ2) is 10.2. The van der Waals surface area contributed by atoms with E-state index in [1.807, 2.05) is 30.3 Å². The first-order chi connectivity index (χ1) is 14.6. The number of rotatable bonds is 9. The topological polar surface area (TPSA) is 130 Å². The third-order valence-electron chi connectivity index (χ3n) is 4.39. The summed E-state index contributed by atoms with van der Waals surface area (Å²) in [5.74, 6) is 0.556. The van der Waals surface area contributed by atoms with Crippen molar-refractivity contribution in [1.82, 2.24) is 20.2 Å². The molecule has 9 nitrogen and oxygen atoms in total. The van der Waals surface area contributed by atoms with E-state index in [0.29, 0.717) is 36.2 Å². The lowest BCUT2D eigenvalue weighted by molar-refractivity contribution is -0.135. The Bertz CT molecular complexity index is 967. The largest absolute Gasteiger partial charge is 0.380 e. The Morgan fingerprint density at radius 1 is 1.37 bits per heavy atom. The molecular formula is C20H21ClN8O. The molecule has 0 atom stereocenters. The highest BCUT2D eigenvalue weighted by atomic mass is 35.5. The van der Waals surface area contributed by atoms with E-state index in [-0.39, 0.29) is 24.3 Å². The predicted molar refractivity (Wildman–Crippen MR) is 115 cm³/mol. The highest BCUT2D eigenvalue weighted by Gasteiger charge is 2.29. The van der Waals surface area contributed by atoms with Crippen LogP contribution in [0.2, 0.25) is 5.02 Å². The monoisotopic (exact) mass is 424 g/mol. The van der Waals surface area contributed by atoms with Gasteiger partial charge in [-0.15, -0.1) is 0 Å². The van der Waals surface area contributed by atoms with Crippen molar-refractivity contribution < 1.29 is 4.79 Å². The van der Waals surface area contributed by atoms with Gasteiger partial charge < -0.3 is 26.3 Å². The second-order valence-corrected chi connectivity index (χ2v) is 7.01. The van der Waals surface area contributed by atoms with Crippen LogP contribution in [0.25, 0.3) is 0 Å². The molecule has 2 aromatic rings. The number of allylic oxidation sites excluding steroid dienone is 1. The first-order valence-corrected chi connectivity index (χ1v) is 9.65. The van der Waals surface area contributed by atoms with Gasteiger partial charge in [-0.2, -0.15) is 10.2 Å². The van der Waals surface area contributed by atoms with Crippen LogP contribution in [0, 0.1) is 22.7 Å². The molecule has 0 unspecified atom stereocenters. The van der Waals surface area contributed by atoms with Gasteiger partial charge in [-0.05, 0) is 5.56 Å². The molecule has 0 saturated carbocycles. The van der Waals surface area contributed by atoms with Crippen LogP contribution in [0.4, 0.5) is 11.8 Å². The van der Waals surface area contributed by atoms with E-state index in [4.69, 9.17) is 22.3 Å². The molecular weight excluding hydrogens is 404 g/mol. The van der Waals surface area contributed by atoms with Gasteiger partial charge in [0, 0.05) is 32.0 Å². The summed E-state index contributed by atoms with van der Waals surface area (Å²) in [6.07, 6.45) is 4.06. The molecule has 1 fully saturated rings. The number of hydrogen-bond acceptors (Lipinski definition) is 8. The lowest BCUT2D eigenvalue weighted by Crippen LogP contribution is -2.51. The number of nitriles is 1. The summed E-state index contributed by atoms with van der Waals surface area (Å²) in [5.41, 5.74) is 1.46.